The number of nitrogens with zero attached hydrogens (tertiary/aromatic N) is 1. The molecule has 0 saturated heterocycles. The van der Waals surface area contributed by atoms with Gasteiger partial charge >= 0.3 is 15.5 Å². The van der Waals surface area contributed by atoms with Gasteiger partial charge in [-0.1, -0.05) is 57.8 Å². The molecular formula is C14H23F3NO3S-. The van der Waals surface area contributed by atoms with Crippen molar-refractivity contribution in [3.8, 4) is 0 Å². The van der Waals surface area contributed by atoms with Crippen LogP contribution in [0.3, 0.4) is 0 Å². The molecule has 0 aromatic rings. The van der Waals surface area contributed by atoms with Crippen LogP contribution >= 0.6 is 0 Å². The minimum absolute atomic E-state index is 0.412. The molecule has 1 aliphatic rings. The fraction of sp³-hybridized carbons (Fsp3) is 0.929. The van der Waals surface area contributed by atoms with E-state index in [4.69, 9.17) is 0 Å². The molecule has 0 aromatic heterocycles. The summed E-state index contributed by atoms with van der Waals surface area (Å²) in [5.74, 6) is -1.86. The maximum absolute atomic E-state index is 12.3. The third kappa shape index (κ3) is 6.54. The van der Waals surface area contributed by atoms with Gasteiger partial charge in [-0.15, -0.1) is 0 Å². The molecule has 8 heteroatoms. The van der Waals surface area contributed by atoms with Crippen LogP contribution in [0.25, 0.3) is 0 Å². The topological polar surface area (TPSA) is 69.6 Å². The molecular weight excluding hydrogens is 319 g/mol. The van der Waals surface area contributed by atoms with Gasteiger partial charge in [0.15, 0.2) is 0 Å². The first kappa shape index (κ1) is 19.3. The lowest BCUT2D eigenvalue weighted by molar-refractivity contribution is -0.224. The summed E-state index contributed by atoms with van der Waals surface area (Å²) in [6.07, 6.45) is 9.63. The lowest BCUT2D eigenvalue weighted by Gasteiger charge is -2.23. The molecule has 0 bridgehead atoms. The zero-order valence-electron chi connectivity index (χ0n) is 12.6. The first-order valence-corrected chi connectivity index (χ1v) is 9.26. The maximum atomic E-state index is 12.3. The van der Waals surface area contributed by atoms with Crippen molar-refractivity contribution in [3.63, 3.8) is 0 Å². The van der Waals surface area contributed by atoms with Gasteiger partial charge in [-0.2, -0.15) is 26.0 Å². The summed E-state index contributed by atoms with van der Waals surface area (Å²) in [5, 5.41) is 11.8. The SMILES string of the molecule is O=S(=O)(/N=C(\[O-])C1CCCCCCCCCCC1)C(F)(F)F. The van der Waals surface area contributed by atoms with Crippen molar-refractivity contribution in [1.29, 1.82) is 0 Å². The summed E-state index contributed by atoms with van der Waals surface area (Å²) < 4.78 is 61.3. The van der Waals surface area contributed by atoms with Gasteiger partial charge in [0.25, 0.3) is 0 Å². The predicted molar refractivity (Wildman–Crippen MR) is 76.7 cm³/mol. The van der Waals surface area contributed by atoms with Crippen molar-refractivity contribution in [2.24, 2.45) is 10.3 Å². The van der Waals surface area contributed by atoms with Crippen LogP contribution in [0.1, 0.15) is 70.6 Å². The quantitative estimate of drug-likeness (QED) is 0.569. The third-order valence-electron chi connectivity index (χ3n) is 3.96. The summed E-state index contributed by atoms with van der Waals surface area (Å²) in [4.78, 5) is 0. The highest BCUT2D eigenvalue weighted by atomic mass is 32.2. The number of alkyl halides is 3. The van der Waals surface area contributed by atoms with Crippen molar-refractivity contribution < 1.29 is 26.7 Å². The molecule has 22 heavy (non-hydrogen) atoms. The molecule has 4 nitrogen and oxygen atoms in total. The molecule has 1 rings (SSSR count). The van der Waals surface area contributed by atoms with Gasteiger partial charge in [0, 0.05) is 0 Å². The van der Waals surface area contributed by atoms with E-state index in [0.717, 1.165) is 51.4 Å². The normalized spacial score (nSPS) is 21.9. The highest BCUT2D eigenvalue weighted by molar-refractivity contribution is 7.91. The third-order valence-corrected chi connectivity index (χ3v) is 4.96. The Balaban J connectivity index is 2.75. The van der Waals surface area contributed by atoms with Crippen molar-refractivity contribution in [2.75, 3.05) is 0 Å². The number of hydrogen-bond donors (Lipinski definition) is 0. The smallest absolute Gasteiger partial charge is 0.518 e. The van der Waals surface area contributed by atoms with Crippen LogP contribution in [0, 0.1) is 5.92 Å². The monoisotopic (exact) mass is 342 g/mol. The first-order chi connectivity index (χ1) is 10.2. The Labute approximate surface area is 129 Å². The summed E-state index contributed by atoms with van der Waals surface area (Å²) in [6, 6.07) is 0. The second-order valence-corrected chi connectivity index (χ2v) is 7.40. The van der Waals surface area contributed by atoms with Crippen LogP contribution in [0.5, 0.6) is 0 Å². The van der Waals surface area contributed by atoms with E-state index in [1.54, 1.807) is 0 Å². The molecule has 1 aliphatic carbocycles. The molecule has 0 amide bonds. The van der Waals surface area contributed by atoms with E-state index in [9.17, 15) is 26.7 Å². The van der Waals surface area contributed by atoms with Crippen molar-refractivity contribution in [3.05, 3.63) is 0 Å². The Hall–Kier alpha value is -0.790. The van der Waals surface area contributed by atoms with E-state index in [-0.39, 0.29) is 0 Å². The average molecular weight is 342 g/mol. The minimum Gasteiger partial charge on any atom is -0.861 e. The number of hydrogen-bond acceptors (Lipinski definition) is 3. The largest absolute Gasteiger partial charge is 0.861 e. The fourth-order valence-electron chi connectivity index (χ4n) is 2.65. The summed E-state index contributed by atoms with van der Waals surface area (Å²) in [6.45, 7) is 0. The Morgan fingerprint density at radius 1 is 0.864 bits per heavy atom. The molecule has 1 fully saturated rings. The molecule has 0 spiro atoms. The van der Waals surface area contributed by atoms with Crippen LogP contribution in [0.4, 0.5) is 13.2 Å². The van der Waals surface area contributed by atoms with Crippen LogP contribution in [0.15, 0.2) is 4.40 Å². The van der Waals surface area contributed by atoms with Crippen LogP contribution in [0.2, 0.25) is 0 Å². The fourth-order valence-corrected chi connectivity index (χ4v) is 3.14. The van der Waals surface area contributed by atoms with Gasteiger partial charge in [-0.25, -0.2) is 0 Å². The van der Waals surface area contributed by atoms with Gasteiger partial charge in [0.1, 0.15) is 0 Å². The van der Waals surface area contributed by atoms with Gasteiger partial charge in [0.05, 0.1) is 0 Å². The van der Waals surface area contributed by atoms with Gasteiger partial charge < -0.3 is 5.11 Å². The van der Waals surface area contributed by atoms with E-state index in [0.29, 0.717) is 12.8 Å². The number of rotatable bonds is 2. The standard InChI is InChI=1S/C14H24F3NO3S/c15-14(16,17)22(20,21)18-13(19)12-10-8-6-4-2-1-3-5-7-9-11-12/h12H,1-11H2,(H,18,19)/p-1. The first-order valence-electron chi connectivity index (χ1n) is 7.82. The Morgan fingerprint density at radius 3 is 1.59 bits per heavy atom. The van der Waals surface area contributed by atoms with Gasteiger partial charge in [-0.3, -0.25) is 0 Å². The molecule has 1 saturated carbocycles. The number of halogens is 3. The van der Waals surface area contributed by atoms with Crippen molar-refractivity contribution >= 4 is 15.9 Å². The second-order valence-electron chi connectivity index (χ2n) is 5.81. The molecule has 0 aliphatic heterocycles. The van der Waals surface area contributed by atoms with Crippen LogP contribution in [-0.2, 0) is 10.0 Å². The molecule has 0 atom stereocenters. The maximum Gasteiger partial charge on any atom is 0.518 e. The zero-order chi connectivity index (χ0) is 16.6. The van der Waals surface area contributed by atoms with E-state index >= 15 is 0 Å². The van der Waals surface area contributed by atoms with E-state index < -0.39 is 27.3 Å². The van der Waals surface area contributed by atoms with E-state index in [1.165, 1.54) is 6.42 Å². The van der Waals surface area contributed by atoms with Crippen LogP contribution < -0.4 is 5.11 Å². The summed E-state index contributed by atoms with van der Waals surface area (Å²) in [5.41, 5.74) is -5.51. The molecule has 0 radical (unpaired) electrons. The minimum atomic E-state index is -5.72. The highest BCUT2D eigenvalue weighted by Crippen LogP contribution is 2.26. The van der Waals surface area contributed by atoms with Crippen molar-refractivity contribution in [1.82, 2.24) is 0 Å². The van der Waals surface area contributed by atoms with Gasteiger partial charge in [-0.05, 0) is 24.7 Å². The van der Waals surface area contributed by atoms with Gasteiger partial charge in [0.2, 0.25) is 0 Å². The van der Waals surface area contributed by atoms with Crippen molar-refractivity contribution in [2.45, 2.75) is 76.1 Å². The Morgan fingerprint density at radius 2 is 1.23 bits per heavy atom. The Bertz CT molecular complexity index is 448. The lowest BCUT2D eigenvalue weighted by Crippen LogP contribution is -2.32. The average Bonchev–Trinajstić information content (AvgIpc) is 2.37. The lowest BCUT2D eigenvalue weighted by atomic mass is 9.93. The predicted octanol–water partition coefficient (Wildman–Crippen LogP) is 3.52. The zero-order valence-corrected chi connectivity index (χ0v) is 13.4. The van der Waals surface area contributed by atoms with E-state index in [1.807, 2.05) is 0 Å². The second kappa shape index (κ2) is 8.74. The van der Waals surface area contributed by atoms with E-state index in [2.05, 4.69) is 4.40 Å². The molecule has 0 aromatic carbocycles. The summed E-state index contributed by atoms with van der Waals surface area (Å²) >= 11 is 0. The molecule has 0 N–H and O–H groups in total. The molecule has 130 valence electrons. The van der Waals surface area contributed by atoms with Crippen LogP contribution in [-0.4, -0.2) is 19.8 Å². The summed E-state index contributed by atoms with van der Waals surface area (Å²) in [7, 11) is -5.72. The Kier molecular flexibility index (Phi) is 7.65. The highest BCUT2D eigenvalue weighted by Gasteiger charge is 2.45. The molecule has 0 heterocycles. The molecule has 0 unspecified atom stereocenters. The number of sulfonamides is 1.